The molecule has 0 aliphatic carbocycles. The van der Waals surface area contributed by atoms with Crippen LogP contribution in [0, 0.1) is 5.82 Å². The van der Waals surface area contributed by atoms with E-state index in [0.717, 1.165) is 37.5 Å². The molecule has 2 aromatic rings. The van der Waals surface area contributed by atoms with E-state index in [9.17, 15) is 9.18 Å². The molecule has 0 bridgehead atoms. The summed E-state index contributed by atoms with van der Waals surface area (Å²) in [5.41, 5.74) is 0.907. The zero-order chi connectivity index (χ0) is 22.3. The molecule has 32 heavy (non-hydrogen) atoms. The molecule has 1 atom stereocenters. The summed E-state index contributed by atoms with van der Waals surface area (Å²) >= 11 is 0. The molecule has 2 aliphatic rings. The van der Waals surface area contributed by atoms with Gasteiger partial charge in [0.1, 0.15) is 5.76 Å². The standard InChI is InChI=1S/C24H33FN4O3/c1-31-22-8-7-19(16-20(22)25)18-27-11-13-29(14-12-27)24(30)26-17-21(23-6-5-15-32-23)28-9-3-2-4-10-28/h5-8,15-16,21H,2-4,9-14,17-18H2,1H3,(H,26,30)/t21-/m0/s1. The maximum atomic E-state index is 13.9. The van der Waals surface area contributed by atoms with Crippen molar-refractivity contribution in [1.29, 1.82) is 0 Å². The number of hydrogen-bond donors (Lipinski definition) is 1. The number of amides is 2. The van der Waals surface area contributed by atoms with Crippen LogP contribution >= 0.6 is 0 Å². The molecule has 0 spiro atoms. The molecule has 0 saturated carbocycles. The fourth-order valence-corrected chi connectivity index (χ4v) is 4.59. The van der Waals surface area contributed by atoms with Crippen molar-refractivity contribution in [2.24, 2.45) is 0 Å². The van der Waals surface area contributed by atoms with Crippen molar-refractivity contribution in [2.45, 2.75) is 31.8 Å². The third-order valence-electron chi connectivity index (χ3n) is 6.43. The number of ether oxygens (including phenoxy) is 1. The van der Waals surface area contributed by atoms with Crippen LogP contribution in [-0.2, 0) is 6.54 Å². The van der Waals surface area contributed by atoms with E-state index in [2.05, 4.69) is 15.1 Å². The molecule has 1 aromatic heterocycles. The quantitative estimate of drug-likeness (QED) is 0.709. The Kier molecular flexibility index (Phi) is 7.65. The summed E-state index contributed by atoms with van der Waals surface area (Å²) in [6.07, 6.45) is 5.33. The molecular weight excluding hydrogens is 411 g/mol. The SMILES string of the molecule is COc1ccc(CN2CCN(C(=O)NC[C@@H](c3ccco3)N3CCCCC3)CC2)cc1F. The van der Waals surface area contributed by atoms with Gasteiger partial charge in [-0.2, -0.15) is 0 Å². The predicted octanol–water partition coefficient (Wildman–Crippen LogP) is 3.48. The number of carbonyl (C=O) groups excluding carboxylic acids is 1. The fourth-order valence-electron chi connectivity index (χ4n) is 4.59. The van der Waals surface area contributed by atoms with Gasteiger partial charge < -0.3 is 19.4 Å². The first-order chi connectivity index (χ1) is 15.6. The number of methoxy groups -OCH3 is 1. The Hall–Kier alpha value is -2.58. The van der Waals surface area contributed by atoms with E-state index in [4.69, 9.17) is 9.15 Å². The Morgan fingerprint density at radius 1 is 1.12 bits per heavy atom. The van der Waals surface area contributed by atoms with Gasteiger partial charge in [0.05, 0.1) is 19.4 Å². The monoisotopic (exact) mass is 444 g/mol. The van der Waals surface area contributed by atoms with Gasteiger partial charge in [-0.15, -0.1) is 0 Å². The van der Waals surface area contributed by atoms with Gasteiger partial charge in [0.25, 0.3) is 0 Å². The number of likely N-dealkylation sites (tertiary alicyclic amines) is 1. The summed E-state index contributed by atoms with van der Waals surface area (Å²) in [4.78, 5) is 19.3. The van der Waals surface area contributed by atoms with E-state index in [0.29, 0.717) is 26.2 Å². The minimum Gasteiger partial charge on any atom is -0.494 e. The van der Waals surface area contributed by atoms with Crippen molar-refractivity contribution in [3.8, 4) is 5.75 Å². The second kappa shape index (κ2) is 10.8. The maximum absolute atomic E-state index is 13.9. The van der Waals surface area contributed by atoms with Crippen LogP contribution in [0.15, 0.2) is 41.0 Å². The lowest BCUT2D eigenvalue weighted by Gasteiger charge is -2.36. The van der Waals surface area contributed by atoms with Crippen LogP contribution in [0.2, 0.25) is 0 Å². The number of piperazine rings is 1. The summed E-state index contributed by atoms with van der Waals surface area (Å²) < 4.78 is 24.6. The Labute approximate surface area is 189 Å². The van der Waals surface area contributed by atoms with Crippen molar-refractivity contribution in [3.63, 3.8) is 0 Å². The van der Waals surface area contributed by atoms with Gasteiger partial charge in [-0.1, -0.05) is 12.5 Å². The van der Waals surface area contributed by atoms with Crippen molar-refractivity contribution >= 4 is 6.03 Å². The van der Waals surface area contributed by atoms with Crippen LogP contribution in [0.3, 0.4) is 0 Å². The first-order valence-corrected chi connectivity index (χ1v) is 11.5. The molecule has 2 amide bonds. The van der Waals surface area contributed by atoms with Crippen LogP contribution < -0.4 is 10.1 Å². The normalized spacial score (nSPS) is 19.0. The topological polar surface area (TPSA) is 61.2 Å². The van der Waals surface area contributed by atoms with Crippen LogP contribution in [0.5, 0.6) is 5.75 Å². The summed E-state index contributed by atoms with van der Waals surface area (Å²) in [5.74, 6) is 0.819. The van der Waals surface area contributed by atoms with Crippen molar-refractivity contribution in [3.05, 3.63) is 53.7 Å². The predicted molar refractivity (Wildman–Crippen MR) is 120 cm³/mol. The zero-order valence-electron chi connectivity index (χ0n) is 18.8. The largest absolute Gasteiger partial charge is 0.494 e. The highest BCUT2D eigenvalue weighted by atomic mass is 19.1. The summed E-state index contributed by atoms with van der Waals surface area (Å²) in [6, 6.07) is 9.00. The van der Waals surface area contributed by atoms with E-state index in [1.54, 1.807) is 12.3 Å². The lowest BCUT2D eigenvalue weighted by Crippen LogP contribution is -2.52. The first-order valence-electron chi connectivity index (χ1n) is 11.5. The number of hydrogen-bond acceptors (Lipinski definition) is 5. The molecule has 2 aliphatic heterocycles. The highest BCUT2D eigenvalue weighted by molar-refractivity contribution is 5.74. The van der Waals surface area contributed by atoms with Crippen LogP contribution in [0.1, 0.15) is 36.6 Å². The second-order valence-electron chi connectivity index (χ2n) is 8.55. The lowest BCUT2D eigenvalue weighted by molar-refractivity contribution is 0.123. The van der Waals surface area contributed by atoms with Gasteiger partial charge in [0.15, 0.2) is 11.6 Å². The third kappa shape index (κ3) is 5.61. The molecule has 1 aromatic carbocycles. The third-order valence-corrected chi connectivity index (χ3v) is 6.43. The maximum Gasteiger partial charge on any atom is 0.317 e. The number of nitrogens with zero attached hydrogens (tertiary/aromatic N) is 3. The van der Waals surface area contributed by atoms with Crippen molar-refractivity contribution < 1.29 is 18.3 Å². The first kappa shape index (κ1) is 22.6. The molecule has 0 unspecified atom stereocenters. The van der Waals surface area contributed by atoms with E-state index in [1.165, 1.54) is 32.4 Å². The van der Waals surface area contributed by atoms with E-state index in [1.807, 2.05) is 23.1 Å². The minimum atomic E-state index is -0.345. The lowest BCUT2D eigenvalue weighted by atomic mass is 10.1. The highest BCUT2D eigenvalue weighted by Gasteiger charge is 2.27. The number of urea groups is 1. The van der Waals surface area contributed by atoms with Crippen LogP contribution in [0.4, 0.5) is 9.18 Å². The molecule has 2 saturated heterocycles. The summed E-state index contributed by atoms with van der Waals surface area (Å²) in [5, 5.41) is 3.13. The Morgan fingerprint density at radius 3 is 2.56 bits per heavy atom. The number of carbonyl (C=O) groups is 1. The average molecular weight is 445 g/mol. The number of piperidine rings is 1. The van der Waals surface area contributed by atoms with Crippen LogP contribution in [0.25, 0.3) is 0 Å². The highest BCUT2D eigenvalue weighted by Crippen LogP contribution is 2.24. The molecule has 7 nitrogen and oxygen atoms in total. The molecule has 4 rings (SSSR count). The van der Waals surface area contributed by atoms with Gasteiger partial charge in [-0.25, -0.2) is 9.18 Å². The molecule has 3 heterocycles. The molecule has 2 fully saturated rings. The van der Waals surface area contributed by atoms with E-state index in [-0.39, 0.29) is 23.6 Å². The van der Waals surface area contributed by atoms with Gasteiger partial charge in [-0.3, -0.25) is 9.80 Å². The second-order valence-corrected chi connectivity index (χ2v) is 8.55. The van der Waals surface area contributed by atoms with Gasteiger partial charge in [0.2, 0.25) is 0 Å². The summed E-state index contributed by atoms with van der Waals surface area (Å²) in [6.45, 7) is 6.09. The number of halogens is 1. The Bertz CT molecular complexity index is 862. The minimum absolute atomic E-state index is 0.0336. The molecule has 1 N–H and O–H groups in total. The summed E-state index contributed by atoms with van der Waals surface area (Å²) in [7, 11) is 1.46. The smallest absolute Gasteiger partial charge is 0.317 e. The van der Waals surface area contributed by atoms with Gasteiger partial charge >= 0.3 is 6.03 Å². The number of nitrogens with one attached hydrogen (secondary N) is 1. The zero-order valence-corrected chi connectivity index (χ0v) is 18.8. The molecular formula is C24H33FN4O3. The number of benzene rings is 1. The molecule has 8 heteroatoms. The Morgan fingerprint density at radius 2 is 1.91 bits per heavy atom. The van der Waals surface area contributed by atoms with Gasteiger partial charge in [0, 0.05) is 39.3 Å². The Balaban J connectivity index is 1.26. The van der Waals surface area contributed by atoms with Crippen molar-refractivity contribution in [1.82, 2.24) is 20.0 Å². The van der Waals surface area contributed by atoms with E-state index < -0.39 is 0 Å². The van der Waals surface area contributed by atoms with Crippen molar-refractivity contribution in [2.75, 3.05) is 52.9 Å². The van der Waals surface area contributed by atoms with Gasteiger partial charge in [-0.05, 0) is 55.8 Å². The number of rotatable bonds is 7. The molecule has 174 valence electrons. The average Bonchev–Trinajstić information content (AvgIpc) is 3.35. The van der Waals surface area contributed by atoms with E-state index >= 15 is 0 Å². The fraction of sp³-hybridized carbons (Fsp3) is 0.542. The number of furan rings is 1. The van der Waals surface area contributed by atoms with Crippen LogP contribution in [-0.4, -0.2) is 73.7 Å². The molecule has 0 radical (unpaired) electrons.